The van der Waals surface area contributed by atoms with E-state index in [2.05, 4.69) is 25.6 Å². The molecule has 0 amide bonds. The predicted molar refractivity (Wildman–Crippen MR) is 68.4 cm³/mol. The third-order valence-corrected chi connectivity index (χ3v) is 2.14. The van der Waals surface area contributed by atoms with Gasteiger partial charge in [-0.15, -0.1) is 0 Å². The van der Waals surface area contributed by atoms with Crippen molar-refractivity contribution in [3.8, 4) is 6.07 Å². The van der Waals surface area contributed by atoms with Crippen LogP contribution in [-0.4, -0.2) is 21.5 Å². The number of anilines is 3. The van der Waals surface area contributed by atoms with Gasteiger partial charge in [-0.2, -0.15) is 5.26 Å². The zero-order chi connectivity index (χ0) is 12.8. The number of aromatic nitrogens is 3. The molecule has 0 saturated heterocycles. The minimum absolute atomic E-state index is 0.213. The van der Waals surface area contributed by atoms with Gasteiger partial charge in [-0.3, -0.25) is 4.98 Å². The van der Waals surface area contributed by atoms with Gasteiger partial charge in [-0.25, -0.2) is 9.97 Å². The van der Waals surface area contributed by atoms with Gasteiger partial charge in [-0.1, -0.05) is 0 Å². The first-order chi connectivity index (χ1) is 8.78. The van der Waals surface area contributed by atoms with Crippen LogP contribution in [0.2, 0.25) is 0 Å². The van der Waals surface area contributed by atoms with E-state index in [1.165, 1.54) is 0 Å². The normalized spacial score (nSPS) is 9.56. The monoisotopic (exact) mass is 240 g/mol. The molecule has 0 saturated carbocycles. The van der Waals surface area contributed by atoms with Crippen LogP contribution in [0.4, 0.5) is 17.3 Å². The van der Waals surface area contributed by atoms with Crippen LogP contribution in [0.1, 0.15) is 5.82 Å². The molecule has 0 spiro atoms. The summed E-state index contributed by atoms with van der Waals surface area (Å²) in [6.45, 7) is 2.01. The van der Waals surface area contributed by atoms with Crippen LogP contribution >= 0.6 is 0 Å². The second-order valence-corrected chi connectivity index (χ2v) is 3.56. The van der Waals surface area contributed by atoms with Gasteiger partial charge in [0, 0.05) is 24.1 Å². The molecule has 90 valence electrons. The van der Waals surface area contributed by atoms with Gasteiger partial charge in [0.25, 0.3) is 0 Å². The quantitative estimate of drug-likeness (QED) is 0.793. The Bertz CT molecular complexity index is 561. The van der Waals surface area contributed by atoms with Crippen molar-refractivity contribution in [2.75, 3.05) is 17.2 Å². The molecule has 18 heavy (non-hydrogen) atoms. The number of hydrogen-bond donors (Lipinski definition) is 2. The molecule has 0 radical (unpaired) electrons. The zero-order valence-electron chi connectivity index (χ0n) is 9.88. The van der Waals surface area contributed by atoms with Gasteiger partial charge >= 0.3 is 0 Å². The third kappa shape index (κ3) is 3.15. The van der Waals surface area contributed by atoms with Crippen LogP contribution in [0.25, 0.3) is 0 Å². The minimum Gasteiger partial charge on any atom is -0.357 e. The number of nitrogens with one attached hydrogen (secondary N) is 2. The molecule has 2 rings (SSSR count). The Hall–Kier alpha value is -2.68. The molecule has 0 aliphatic carbocycles. The van der Waals surface area contributed by atoms with Crippen molar-refractivity contribution in [2.24, 2.45) is 0 Å². The van der Waals surface area contributed by atoms with E-state index in [9.17, 15) is 0 Å². The van der Waals surface area contributed by atoms with Gasteiger partial charge in [0.05, 0.1) is 6.07 Å². The highest BCUT2D eigenvalue weighted by Crippen LogP contribution is 2.16. The predicted octanol–water partition coefficient (Wildman–Crippen LogP) is 1.86. The minimum atomic E-state index is 0.213. The molecule has 0 fully saturated rings. The fourth-order valence-electron chi connectivity index (χ4n) is 1.44. The number of aryl methyl sites for hydroxylation is 1. The van der Waals surface area contributed by atoms with Gasteiger partial charge < -0.3 is 10.6 Å². The lowest BCUT2D eigenvalue weighted by Crippen LogP contribution is -2.04. The Labute approximate surface area is 105 Å². The van der Waals surface area contributed by atoms with Crippen molar-refractivity contribution >= 4 is 17.3 Å². The van der Waals surface area contributed by atoms with E-state index in [0.717, 1.165) is 5.69 Å². The summed E-state index contributed by atoms with van der Waals surface area (Å²) < 4.78 is 0. The van der Waals surface area contributed by atoms with Crippen LogP contribution < -0.4 is 10.6 Å². The molecule has 2 heterocycles. The maximum absolute atomic E-state index is 8.52. The average Bonchev–Trinajstić information content (AvgIpc) is 2.37. The zero-order valence-corrected chi connectivity index (χ0v) is 9.88. The van der Waals surface area contributed by atoms with Crippen molar-refractivity contribution in [1.82, 2.24) is 15.0 Å². The van der Waals surface area contributed by atoms with Gasteiger partial charge in [0.15, 0.2) is 0 Å². The highest BCUT2D eigenvalue weighted by Gasteiger charge is 2.01. The summed E-state index contributed by atoms with van der Waals surface area (Å²) in [4.78, 5) is 12.4. The number of rotatable bonds is 4. The second kappa shape index (κ2) is 5.59. The Kier molecular flexibility index (Phi) is 3.66. The summed E-state index contributed by atoms with van der Waals surface area (Å²) in [6, 6.07) is 7.45. The summed E-state index contributed by atoms with van der Waals surface area (Å²) in [7, 11) is 0. The lowest BCUT2D eigenvalue weighted by Gasteiger charge is -2.08. The van der Waals surface area contributed by atoms with Crippen LogP contribution in [-0.2, 0) is 0 Å². The second-order valence-electron chi connectivity index (χ2n) is 3.56. The van der Waals surface area contributed by atoms with Gasteiger partial charge in [0.1, 0.15) is 24.0 Å². The first kappa shape index (κ1) is 11.8. The first-order valence-electron chi connectivity index (χ1n) is 5.41. The summed E-state index contributed by atoms with van der Waals surface area (Å²) in [5.41, 5.74) is 0.898. The molecule has 0 aliphatic heterocycles. The van der Waals surface area contributed by atoms with E-state index in [1.807, 2.05) is 18.2 Å². The highest BCUT2D eigenvalue weighted by molar-refractivity contribution is 5.58. The van der Waals surface area contributed by atoms with E-state index in [4.69, 9.17) is 5.26 Å². The van der Waals surface area contributed by atoms with E-state index in [-0.39, 0.29) is 6.54 Å². The van der Waals surface area contributed by atoms with Gasteiger partial charge in [0.2, 0.25) is 0 Å². The molecule has 0 unspecified atom stereocenters. The topological polar surface area (TPSA) is 86.5 Å². The Morgan fingerprint density at radius 1 is 1.22 bits per heavy atom. The Balaban J connectivity index is 2.18. The first-order valence-corrected chi connectivity index (χ1v) is 5.41. The third-order valence-electron chi connectivity index (χ3n) is 2.14. The standard InChI is InChI=1S/C12H12N6/c1-9-16-11(15-7-4-13)8-12(17-9)18-10-2-5-14-6-3-10/h2-3,5-6,8H,7H2,1H3,(H2,14,15,16,17,18). The maximum Gasteiger partial charge on any atom is 0.136 e. The molecular weight excluding hydrogens is 228 g/mol. The van der Waals surface area contributed by atoms with Crippen molar-refractivity contribution in [3.63, 3.8) is 0 Å². The van der Waals surface area contributed by atoms with E-state index < -0.39 is 0 Å². The SMILES string of the molecule is Cc1nc(NCC#N)cc(Nc2ccncc2)n1. The fourth-order valence-corrected chi connectivity index (χ4v) is 1.44. The molecule has 0 bridgehead atoms. The molecule has 2 aromatic heterocycles. The summed E-state index contributed by atoms with van der Waals surface area (Å²) in [5, 5.41) is 14.6. The fraction of sp³-hybridized carbons (Fsp3) is 0.167. The smallest absolute Gasteiger partial charge is 0.136 e. The Morgan fingerprint density at radius 2 is 1.94 bits per heavy atom. The van der Waals surface area contributed by atoms with Crippen molar-refractivity contribution in [3.05, 3.63) is 36.4 Å². The molecule has 2 aromatic rings. The highest BCUT2D eigenvalue weighted by atomic mass is 15.1. The molecule has 2 N–H and O–H groups in total. The number of pyridine rings is 1. The van der Waals surface area contributed by atoms with Gasteiger partial charge in [-0.05, 0) is 19.1 Å². The number of nitrogens with zero attached hydrogens (tertiary/aromatic N) is 4. The van der Waals surface area contributed by atoms with Crippen LogP contribution in [0.3, 0.4) is 0 Å². The van der Waals surface area contributed by atoms with Crippen LogP contribution in [0.15, 0.2) is 30.6 Å². The van der Waals surface area contributed by atoms with Crippen LogP contribution in [0, 0.1) is 18.3 Å². The maximum atomic E-state index is 8.52. The molecule has 6 heteroatoms. The summed E-state index contributed by atoms with van der Waals surface area (Å²) >= 11 is 0. The van der Waals surface area contributed by atoms with E-state index in [0.29, 0.717) is 17.5 Å². The molecular formula is C12H12N6. The Morgan fingerprint density at radius 3 is 2.67 bits per heavy atom. The summed E-state index contributed by atoms with van der Waals surface area (Å²) in [6.07, 6.45) is 3.40. The number of hydrogen-bond acceptors (Lipinski definition) is 6. The lowest BCUT2D eigenvalue weighted by molar-refractivity contribution is 1.05. The average molecular weight is 240 g/mol. The van der Waals surface area contributed by atoms with Crippen LogP contribution in [0.5, 0.6) is 0 Å². The molecule has 6 nitrogen and oxygen atoms in total. The van der Waals surface area contributed by atoms with Crippen molar-refractivity contribution in [2.45, 2.75) is 6.92 Å². The largest absolute Gasteiger partial charge is 0.357 e. The molecule has 0 aliphatic rings. The summed E-state index contributed by atoms with van der Waals surface area (Å²) in [5.74, 6) is 1.93. The number of nitriles is 1. The molecule has 0 atom stereocenters. The van der Waals surface area contributed by atoms with Crippen molar-refractivity contribution in [1.29, 1.82) is 5.26 Å². The van der Waals surface area contributed by atoms with Crippen molar-refractivity contribution < 1.29 is 0 Å². The van der Waals surface area contributed by atoms with E-state index >= 15 is 0 Å². The molecule has 0 aromatic carbocycles. The van der Waals surface area contributed by atoms with E-state index in [1.54, 1.807) is 25.4 Å². The lowest BCUT2D eigenvalue weighted by atomic mass is 10.4.